The number of rotatable bonds is 7. The van der Waals surface area contributed by atoms with E-state index in [9.17, 15) is 4.79 Å². The lowest BCUT2D eigenvalue weighted by molar-refractivity contribution is 0.252. The molecule has 7 nitrogen and oxygen atoms in total. The molecule has 0 spiro atoms. The number of aromatic nitrogens is 3. The van der Waals surface area contributed by atoms with Crippen molar-refractivity contribution in [2.45, 2.75) is 13.1 Å². The molecule has 2 amide bonds. The third kappa shape index (κ3) is 5.50. The van der Waals surface area contributed by atoms with Crippen LogP contribution in [-0.2, 0) is 13.1 Å². The van der Waals surface area contributed by atoms with E-state index in [0.29, 0.717) is 23.8 Å². The summed E-state index contributed by atoms with van der Waals surface area (Å²) in [5.41, 5.74) is 5.17. The lowest BCUT2D eigenvalue weighted by Crippen LogP contribution is -2.28. The fraction of sp³-hybridized carbons (Fsp3) is 0.0645. The van der Waals surface area contributed by atoms with Crippen LogP contribution in [0.4, 0.5) is 16.3 Å². The number of benzene rings is 4. The summed E-state index contributed by atoms with van der Waals surface area (Å²) in [6.07, 6.45) is 1.72. The van der Waals surface area contributed by atoms with Gasteiger partial charge in [0, 0.05) is 35.1 Å². The van der Waals surface area contributed by atoms with Gasteiger partial charge in [0.15, 0.2) is 5.65 Å². The second kappa shape index (κ2) is 11.4. The first-order valence-corrected chi connectivity index (χ1v) is 13.9. The van der Waals surface area contributed by atoms with Crippen LogP contribution in [0.2, 0.25) is 5.02 Å². The van der Waals surface area contributed by atoms with Gasteiger partial charge in [-0.25, -0.2) is 9.78 Å². The number of hydrogen-bond acceptors (Lipinski definition) is 4. The summed E-state index contributed by atoms with van der Waals surface area (Å²) >= 11 is 9.99. The van der Waals surface area contributed by atoms with Gasteiger partial charge < -0.3 is 16.0 Å². The maximum Gasteiger partial charge on any atom is 0.319 e. The number of hydrogen-bond donors (Lipinski definition) is 3. The number of carbonyl (C=O) groups is 1. The molecule has 0 aliphatic rings. The first-order valence-electron chi connectivity index (χ1n) is 12.7. The van der Waals surface area contributed by atoms with Gasteiger partial charge in [0.25, 0.3) is 0 Å². The Kier molecular flexibility index (Phi) is 7.35. The summed E-state index contributed by atoms with van der Waals surface area (Å²) < 4.78 is 2.56. The van der Waals surface area contributed by atoms with Crippen molar-refractivity contribution >= 4 is 61.5 Å². The molecule has 40 heavy (non-hydrogen) atoms. The van der Waals surface area contributed by atoms with Crippen LogP contribution in [-0.4, -0.2) is 20.6 Å². The first kappa shape index (κ1) is 25.9. The van der Waals surface area contributed by atoms with Crippen LogP contribution in [0.5, 0.6) is 0 Å². The van der Waals surface area contributed by atoms with Crippen LogP contribution in [0.15, 0.2) is 108 Å². The quantitative estimate of drug-likeness (QED) is 0.171. The Balaban J connectivity index is 1.11. The van der Waals surface area contributed by atoms with Gasteiger partial charge in [-0.05, 0) is 44.6 Å². The summed E-state index contributed by atoms with van der Waals surface area (Å²) in [5.74, 6) is 0.793. The third-order valence-corrected chi connectivity index (χ3v) is 7.46. The Bertz CT molecular complexity index is 1830. The van der Waals surface area contributed by atoms with Crippen molar-refractivity contribution in [3.05, 3.63) is 124 Å². The fourth-order valence-electron chi connectivity index (χ4n) is 4.52. The Labute approximate surface area is 244 Å². The number of urea groups is 1. The van der Waals surface area contributed by atoms with Gasteiger partial charge in [-0.15, -0.1) is 0 Å². The predicted molar refractivity (Wildman–Crippen MR) is 165 cm³/mol. The van der Waals surface area contributed by atoms with Gasteiger partial charge in [0.1, 0.15) is 5.82 Å². The number of nitrogens with zero attached hydrogens (tertiary/aromatic N) is 3. The molecule has 0 radical (unpaired) electrons. The minimum Gasteiger partial charge on any atom is -0.366 e. The van der Waals surface area contributed by atoms with Crippen molar-refractivity contribution in [3.63, 3.8) is 0 Å². The summed E-state index contributed by atoms with van der Waals surface area (Å²) in [6, 6.07) is 31.3. The Morgan fingerprint density at radius 3 is 2.42 bits per heavy atom. The molecule has 0 unspecified atom stereocenters. The number of halogens is 2. The van der Waals surface area contributed by atoms with E-state index in [1.807, 2.05) is 97.1 Å². The number of nitrogens with one attached hydrogen (secondary N) is 3. The molecule has 198 valence electrons. The first-order chi connectivity index (χ1) is 19.5. The fourth-order valence-corrected chi connectivity index (χ4v) is 5.10. The van der Waals surface area contributed by atoms with E-state index in [4.69, 9.17) is 16.6 Å². The van der Waals surface area contributed by atoms with Crippen molar-refractivity contribution in [1.29, 1.82) is 0 Å². The van der Waals surface area contributed by atoms with E-state index in [1.54, 1.807) is 10.7 Å². The average molecular weight is 612 g/mol. The van der Waals surface area contributed by atoms with Crippen LogP contribution < -0.4 is 16.0 Å². The van der Waals surface area contributed by atoms with Crippen LogP contribution in [0.1, 0.15) is 11.1 Å². The van der Waals surface area contributed by atoms with Crippen molar-refractivity contribution in [1.82, 2.24) is 19.9 Å². The Morgan fingerprint density at radius 1 is 0.875 bits per heavy atom. The molecule has 4 aromatic carbocycles. The second-order valence-corrected chi connectivity index (χ2v) is 10.5. The lowest BCUT2D eigenvalue weighted by Gasteiger charge is -2.12. The number of fused-ring (bicyclic) bond motifs is 2. The summed E-state index contributed by atoms with van der Waals surface area (Å²) in [5, 5.41) is 16.5. The van der Waals surface area contributed by atoms with E-state index in [1.165, 1.54) is 0 Å². The van der Waals surface area contributed by atoms with Gasteiger partial charge in [0.2, 0.25) is 0 Å². The zero-order chi connectivity index (χ0) is 27.5. The minimum absolute atomic E-state index is 0.247. The minimum atomic E-state index is -0.247. The summed E-state index contributed by atoms with van der Waals surface area (Å²) in [7, 11) is 0. The molecule has 0 saturated heterocycles. The Morgan fingerprint density at radius 2 is 1.60 bits per heavy atom. The zero-order valence-electron chi connectivity index (χ0n) is 21.2. The molecular weight excluding hydrogens is 588 g/mol. The van der Waals surface area contributed by atoms with Crippen LogP contribution in [0.3, 0.4) is 0 Å². The van der Waals surface area contributed by atoms with Crippen LogP contribution in [0, 0.1) is 0 Å². The molecule has 9 heteroatoms. The standard InChI is InChI=1S/C31H24BrClN6O/c32-25-19-36-39-29(16-28(37-30(25)39)24-9-3-4-10-26(24)33)34-17-20-12-14-21(15-13-20)18-35-31(40)38-27-11-5-7-22-6-1-2-8-23(22)27/h1-16,19,34H,17-18H2,(H2,35,38,40). The predicted octanol–water partition coefficient (Wildman–Crippen LogP) is 7.90. The topological polar surface area (TPSA) is 83.3 Å². The highest BCUT2D eigenvalue weighted by molar-refractivity contribution is 9.10. The molecule has 2 heterocycles. The maximum atomic E-state index is 12.6. The summed E-state index contributed by atoms with van der Waals surface area (Å²) in [6.45, 7) is 0.992. The maximum absolute atomic E-state index is 12.6. The molecule has 0 aliphatic carbocycles. The third-order valence-electron chi connectivity index (χ3n) is 6.57. The molecule has 2 aromatic heterocycles. The van der Waals surface area contributed by atoms with E-state index in [0.717, 1.165) is 49.1 Å². The highest BCUT2D eigenvalue weighted by Gasteiger charge is 2.13. The summed E-state index contributed by atoms with van der Waals surface area (Å²) in [4.78, 5) is 17.3. The average Bonchev–Trinajstić information content (AvgIpc) is 3.36. The van der Waals surface area contributed by atoms with E-state index in [-0.39, 0.29) is 6.03 Å². The zero-order valence-corrected chi connectivity index (χ0v) is 23.6. The number of carbonyl (C=O) groups excluding carboxylic acids is 1. The van der Waals surface area contributed by atoms with Crippen LogP contribution in [0.25, 0.3) is 27.7 Å². The molecule has 3 N–H and O–H groups in total. The molecule has 6 rings (SSSR count). The second-order valence-electron chi connectivity index (χ2n) is 9.24. The van der Waals surface area contributed by atoms with Gasteiger partial charge >= 0.3 is 6.03 Å². The SMILES string of the molecule is O=C(NCc1ccc(CNc2cc(-c3ccccc3Cl)nc3c(Br)cnn23)cc1)Nc1cccc2ccccc12. The molecule has 0 aliphatic heterocycles. The highest BCUT2D eigenvalue weighted by atomic mass is 79.9. The van der Waals surface area contributed by atoms with Crippen molar-refractivity contribution in [3.8, 4) is 11.3 Å². The largest absolute Gasteiger partial charge is 0.366 e. The molecule has 0 fully saturated rings. The molecular formula is C31H24BrClN6O. The van der Waals surface area contributed by atoms with Crippen molar-refractivity contribution in [2.75, 3.05) is 10.6 Å². The van der Waals surface area contributed by atoms with Crippen molar-refractivity contribution < 1.29 is 4.79 Å². The van der Waals surface area contributed by atoms with Crippen LogP contribution >= 0.6 is 27.5 Å². The molecule has 0 atom stereocenters. The van der Waals surface area contributed by atoms with Gasteiger partial charge in [-0.2, -0.15) is 9.61 Å². The van der Waals surface area contributed by atoms with Crippen molar-refractivity contribution in [2.24, 2.45) is 0 Å². The van der Waals surface area contributed by atoms with Gasteiger partial charge in [-0.3, -0.25) is 0 Å². The van der Waals surface area contributed by atoms with E-state index in [2.05, 4.69) is 37.0 Å². The van der Waals surface area contributed by atoms with E-state index >= 15 is 0 Å². The number of anilines is 2. The lowest BCUT2D eigenvalue weighted by atomic mass is 10.1. The molecule has 0 bridgehead atoms. The van der Waals surface area contributed by atoms with Gasteiger partial charge in [0.05, 0.1) is 22.1 Å². The van der Waals surface area contributed by atoms with Gasteiger partial charge in [-0.1, -0.05) is 90.5 Å². The monoisotopic (exact) mass is 610 g/mol. The van der Waals surface area contributed by atoms with E-state index < -0.39 is 0 Å². The number of amides is 2. The molecule has 6 aromatic rings. The highest BCUT2D eigenvalue weighted by Crippen LogP contribution is 2.30. The molecule has 0 saturated carbocycles. The Hall–Kier alpha value is -4.40. The smallest absolute Gasteiger partial charge is 0.319 e. The normalized spacial score (nSPS) is 11.1.